The highest BCUT2D eigenvalue weighted by Crippen LogP contribution is 2.24. The first-order valence-corrected chi connectivity index (χ1v) is 5.42. The first-order valence-electron chi connectivity index (χ1n) is 5.42. The van der Waals surface area contributed by atoms with Gasteiger partial charge in [-0.3, -0.25) is 4.98 Å². The van der Waals surface area contributed by atoms with E-state index in [-0.39, 0.29) is 12.2 Å². The smallest absolute Gasteiger partial charge is 0.335 e. The van der Waals surface area contributed by atoms with Gasteiger partial charge in [0.1, 0.15) is 12.4 Å². The molecule has 0 unspecified atom stereocenters. The fourth-order valence-electron chi connectivity index (χ4n) is 1.51. The number of halogens is 3. The molecular formula is C13H8F3NO3. The molecule has 7 heteroatoms. The van der Waals surface area contributed by atoms with Gasteiger partial charge in [0.25, 0.3) is 0 Å². The van der Waals surface area contributed by atoms with Gasteiger partial charge in [0.15, 0.2) is 17.4 Å². The SMILES string of the molecule is O=C(O)c1cc(F)c(OCc2cncc(F)c2)c(F)c1. The molecule has 0 atom stereocenters. The zero-order valence-electron chi connectivity index (χ0n) is 9.94. The maximum absolute atomic E-state index is 13.5. The predicted molar refractivity (Wildman–Crippen MR) is 61.8 cm³/mol. The van der Waals surface area contributed by atoms with Crippen LogP contribution in [-0.4, -0.2) is 16.1 Å². The Labute approximate surface area is 111 Å². The van der Waals surface area contributed by atoms with Crippen LogP contribution in [0.3, 0.4) is 0 Å². The number of pyridine rings is 1. The highest BCUT2D eigenvalue weighted by molar-refractivity contribution is 5.87. The number of carboxylic acids is 1. The number of rotatable bonds is 4. The number of aromatic nitrogens is 1. The second kappa shape index (κ2) is 5.60. The van der Waals surface area contributed by atoms with Crippen molar-refractivity contribution in [3.8, 4) is 5.75 Å². The highest BCUT2D eigenvalue weighted by atomic mass is 19.1. The monoisotopic (exact) mass is 283 g/mol. The summed E-state index contributed by atoms with van der Waals surface area (Å²) in [5.74, 6) is -5.07. The van der Waals surface area contributed by atoms with Crippen LogP contribution in [-0.2, 0) is 6.61 Å². The van der Waals surface area contributed by atoms with Crippen LogP contribution in [0.4, 0.5) is 13.2 Å². The van der Waals surface area contributed by atoms with Crippen molar-refractivity contribution >= 4 is 5.97 Å². The van der Waals surface area contributed by atoms with E-state index in [1.54, 1.807) is 0 Å². The number of aromatic carboxylic acids is 1. The Morgan fingerprint density at radius 2 is 1.80 bits per heavy atom. The third kappa shape index (κ3) is 3.05. The second-order valence-electron chi connectivity index (χ2n) is 3.87. The summed E-state index contributed by atoms with van der Waals surface area (Å²) in [7, 11) is 0. The summed E-state index contributed by atoms with van der Waals surface area (Å²) >= 11 is 0. The van der Waals surface area contributed by atoms with Crippen molar-refractivity contribution in [2.24, 2.45) is 0 Å². The van der Waals surface area contributed by atoms with Crippen LogP contribution >= 0.6 is 0 Å². The van der Waals surface area contributed by atoms with Crippen LogP contribution < -0.4 is 4.74 Å². The topological polar surface area (TPSA) is 59.4 Å². The maximum Gasteiger partial charge on any atom is 0.335 e. The number of nitrogens with zero attached hydrogens (tertiary/aromatic N) is 1. The highest BCUT2D eigenvalue weighted by Gasteiger charge is 2.16. The largest absolute Gasteiger partial charge is 0.483 e. The van der Waals surface area contributed by atoms with E-state index in [4.69, 9.17) is 9.84 Å². The molecule has 0 saturated carbocycles. The van der Waals surface area contributed by atoms with Crippen LogP contribution in [0.15, 0.2) is 30.6 Å². The lowest BCUT2D eigenvalue weighted by Gasteiger charge is -2.09. The molecule has 1 aromatic heterocycles. The van der Waals surface area contributed by atoms with Gasteiger partial charge in [0.05, 0.1) is 11.8 Å². The molecule has 1 aromatic carbocycles. The number of carbonyl (C=O) groups is 1. The molecule has 104 valence electrons. The van der Waals surface area contributed by atoms with Crippen molar-refractivity contribution in [1.82, 2.24) is 4.98 Å². The van der Waals surface area contributed by atoms with Gasteiger partial charge in [-0.15, -0.1) is 0 Å². The lowest BCUT2D eigenvalue weighted by Crippen LogP contribution is -2.04. The Morgan fingerprint density at radius 1 is 1.15 bits per heavy atom. The maximum atomic E-state index is 13.5. The van der Waals surface area contributed by atoms with E-state index in [0.717, 1.165) is 12.3 Å². The minimum absolute atomic E-state index is 0.283. The normalized spacial score (nSPS) is 10.3. The van der Waals surface area contributed by atoms with Gasteiger partial charge >= 0.3 is 5.97 Å². The van der Waals surface area contributed by atoms with Crippen molar-refractivity contribution < 1.29 is 27.8 Å². The van der Waals surface area contributed by atoms with Crippen molar-refractivity contribution in [3.05, 3.63) is 59.2 Å². The van der Waals surface area contributed by atoms with Crippen molar-refractivity contribution in [3.63, 3.8) is 0 Å². The van der Waals surface area contributed by atoms with Crippen LogP contribution in [0.2, 0.25) is 0 Å². The number of hydrogen-bond donors (Lipinski definition) is 1. The van der Waals surface area contributed by atoms with Crippen molar-refractivity contribution in [1.29, 1.82) is 0 Å². The number of carboxylic acid groups (broad SMARTS) is 1. The molecule has 0 saturated heterocycles. The van der Waals surface area contributed by atoms with E-state index in [9.17, 15) is 18.0 Å². The summed E-state index contributed by atoms with van der Waals surface area (Å²) in [5, 5.41) is 8.64. The van der Waals surface area contributed by atoms with Crippen LogP contribution in [0, 0.1) is 17.5 Å². The first-order chi connectivity index (χ1) is 9.47. The Kier molecular flexibility index (Phi) is 3.88. The molecule has 0 aliphatic carbocycles. The molecule has 0 amide bonds. The minimum atomic E-state index is -1.45. The van der Waals surface area contributed by atoms with E-state index < -0.39 is 34.7 Å². The standard InChI is InChI=1S/C13H8F3NO3/c14-9-1-7(4-17-5-9)6-20-12-10(15)2-8(13(18)19)3-11(12)16/h1-5H,6H2,(H,18,19). The average molecular weight is 283 g/mol. The molecular weight excluding hydrogens is 275 g/mol. The molecule has 20 heavy (non-hydrogen) atoms. The molecule has 0 fully saturated rings. The van der Waals surface area contributed by atoms with E-state index in [1.807, 2.05) is 0 Å². The van der Waals surface area contributed by atoms with E-state index in [0.29, 0.717) is 12.1 Å². The molecule has 2 aromatic rings. The van der Waals surface area contributed by atoms with Crippen molar-refractivity contribution in [2.75, 3.05) is 0 Å². The Balaban J connectivity index is 2.20. The third-order valence-electron chi connectivity index (χ3n) is 2.39. The van der Waals surface area contributed by atoms with E-state index in [2.05, 4.69) is 4.98 Å². The fourth-order valence-corrected chi connectivity index (χ4v) is 1.51. The Bertz CT molecular complexity index is 638. The van der Waals surface area contributed by atoms with E-state index >= 15 is 0 Å². The minimum Gasteiger partial charge on any atom is -0.483 e. The van der Waals surface area contributed by atoms with Crippen LogP contribution in [0.1, 0.15) is 15.9 Å². The average Bonchev–Trinajstić information content (AvgIpc) is 2.37. The molecule has 1 N–H and O–H groups in total. The molecule has 0 aliphatic heterocycles. The molecule has 4 nitrogen and oxygen atoms in total. The molecule has 0 radical (unpaired) electrons. The third-order valence-corrected chi connectivity index (χ3v) is 2.39. The van der Waals surface area contributed by atoms with Crippen LogP contribution in [0.5, 0.6) is 5.75 Å². The number of hydrogen-bond acceptors (Lipinski definition) is 3. The van der Waals surface area contributed by atoms with Gasteiger partial charge in [-0.2, -0.15) is 0 Å². The summed E-state index contributed by atoms with van der Waals surface area (Å²) < 4.78 is 44.8. The summed E-state index contributed by atoms with van der Waals surface area (Å²) in [4.78, 5) is 14.2. The predicted octanol–water partition coefficient (Wildman–Crippen LogP) is 2.78. The molecule has 0 bridgehead atoms. The van der Waals surface area contributed by atoms with Crippen LogP contribution in [0.25, 0.3) is 0 Å². The van der Waals surface area contributed by atoms with Gasteiger partial charge < -0.3 is 9.84 Å². The molecule has 1 heterocycles. The zero-order chi connectivity index (χ0) is 14.7. The van der Waals surface area contributed by atoms with Gasteiger partial charge in [-0.25, -0.2) is 18.0 Å². The first kappa shape index (κ1) is 13.9. The lowest BCUT2D eigenvalue weighted by atomic mass is 10.2. The van der Waals surface area contributed by atoms with E-state index in [1.165, 1.54) is 6.20 Å². The molecule has 2 rings (SSSR count). The Hall–Kier alpha value is -2.57. The van der Waals surface area contributed by atoms with Gasteiger partial charge in [0.2, 0.25) is 0 Å². The summed E-state index contributed by atoms with van der Waals surface area (Å²) in [6, 6.07) is 2.39. The summed E-state index contributed by atoms with van der Waals surface area (Å²) in [6.45, 7) is -0.301. The van der Waals surface area contributed by atoms with Crippen molar-refractivity contribution in [2.45, 2.75) is 6.61 Å². The fraction of sp³-hybridized carbons (Fsp3) is 0.0769. The molecule has 0 spiro atoms. The summed E-state index contributed by atoms with van der Waals surface area (Å²) in [6.07, 6.45) is 2.26. The second-order valence-corrected chi connectivity index (χ2v) is 3.87. The molecule has 0 aliphatic rings. The van der Waals surface area contributed by atoms with Gasteiger partial charge in [-0.1, -0.05) is 0 Å². The number of benzene rings is 1. The lowest BCUT2D eigenvalue weighted by molar-refractivity contribution is 0.0695. The quantitative estimate of drug-likeness (QED) is 0.937. The van der Waals surface area contributed by atoms with Gasteiger partial charge in [0, 0.05) is 11.8 Å². The van der Waals surface area contributed by atoms with Gasteiger partial charge in [-0.05, 0) is 18.2 Å². The zero-order valence-corrected chi connectivity index (χ0v) is 9.94. The number of ether oxygens (including phenoxy) is 1. The summed E-state index contributed by atoms with van der Waals surface area (Å²) in [5.41, 5.74) is -0.245. The Morgan fingerprint density at radius 3 is 2.35 bits per heavy atom.